The van der Waals surface area contributed by atoms with E-state index in [0.717, 1.165) is 35.1 Å². The molecule has 3 aromatic rings. The number of nitrogens with two attached hydrogens (primary N) is 1. The zero-order valence-electron chi connectivity index (χ0n) is 19.2. The first-order valence-corrected chi connectivity index (χ1v) is 11.1. The van der Waals surface area contributed by atoms with Crippen molar-refractivity contribution in [2.45, 2.75) is 25.8 Å². The normalized spacial score (nSPS) is 15.2. The number of benzodiazepines with no additional fused rings is 1. The Morgan fingerprint density at radius 1 is 0.970 bits per heavy atom. The molecule has 1 aliphatic heterocycles. The van der Waals surface area contributed by atoms with Crippen molar-refractivity contribution in [1.82, 2.24) is 0 Å². The number of nitrogens with one attached hydrogen (secondary N) is 1. The fourth-order valence-electron chi connectivity index (χ4n) is 4.16. The van der Waals surface area contributed by atoms with Gasteiger partial charge in [0.05, 0.1) is 36.7 Å². The third-order valence-electron chi connectivity index (χ3n) is 5.80. The third-order valence-corrected chi connectivity index (χ3v) is 5.80. The van der Waals surface area contributed by atoms with Crippen LogP contribution in [-0.2, 0) is 11.2 Å². The Balaban J connectivity index is 2.00. The van der Waals surface area contributed by atoms with E-state index in [0.29, 0.717) is 29.4 Å². The first-order chi connectivity index (χ1) is 16.1. The Kier molecular flexibility index (Phi) is 6.75. The second-order valence-corrected chi connectivity index (χ2v) is 8.01. The first-order valence-electron chi connectivity index (χ1n) is 11.1. The molecule has 0 saturated carbocycles. The highest BCUT2D eigenvalue weighted by atomic mass is 16.5. The number of carbonyl (C=O) groups excluding carboxylic acids is 1. The zero-order valence-corrected chi connectivity index (χ0v) is 19.2. The Morgan fingerprint density at radius 2 is 1.73 bits per heavy atom. The quantitative estimate of drug-likeness (QED) is 0.565. The summed E-state index contributed by atoms with van der Waals surface area (Å²) >= 11 is 0. The fraction of sp³-hybridized carbons (Fsp3) is 0.259. The number of carbonyl (C=O) groups is 1. The van der Waals surface area contributed by atoms with E-state index in [-0.39, 0.29) is 5.91 Å². The van der Waals surface area contributed by atoms with E-state index in [2.05, 4.69) is 17.4 Å². The molecule has 1 atom stereocenters. The van der Waals surface area contributed by atoms with Crippen LogP contribution >= 0.6 is 0 Å². The number of rotatable bonds is 7. The minimum absolute atomic E-state index is 0.179. The summed E-state index contributed by atoms with van der Waals surface area (Å²) in [4.78, 5) is 17.7. The van der Waals surface area contributed by atoms with E-state index < -0.39 is 6.04 Å². The number of nitrogens with zero attached hydrogens (tertiary/aromatic N) is 1. The SMILES string of the molecule is COc1cc2c(c(OC)c1-c1ccccc1)C(c1cccc(CCCN)c1)=NC(C)C(=O)N2. The summed E-state index contributed by atoms with van der Waals surface area (Å²) in [5.41, 5.74) is 11.7. The molecule has 1 unspecified atom stereocenters. The van der Waals surface area contributed by atoms with Gasteiger partial charge in [-0.2, -0.15) is 0 Å². The van der Waals surface area contributed by atoms with E-state index in [1.54, 1.807) is 21.1 Å². The number of aryl methyl sites for hydroxylation is 1. The van der Waals surface area contributed by atoms with Gasteiger partial charge >= 0.3 is 0 Å². The molecule has 0 spiro atoms. The van der Waals surface area contributed by atoms with Crippen molar-refractivity contribution in [2.75, 3.05) is 26.1 Å². The molecule has 0 saturated heterocycles. The van der Waals surface area contributed by atoms with Crippen LogP contribution in [0, 0.1) is 0 Å². The van der Waals surface area contributed by atoms with Crippen molar-refractivity contribution in [3.63, 3.8) is 0 Å². The highest BCUT2D eigenvalue weighted by Crippen LogP contribution is 2.46. The molecule has 3 aromatic carbocycles. The van der Waals surface area contributed by atoms with Gasteiger partial charge in [0.25, 0.3) is 0 Å². The number of aliphatic imine (C=N–C) groups is 1. The lowest BCUT2D eigenvalue weighted by molar-refractivity contribution is -0.116. The highest BCUT2D eigenvalue weighted by molar-refractivity contribution is 6.22. The monoisotopic (exact) mass is 443 g/mol. The van der Waals surface area contributed by atoms with Gasteiger partial charge in [-0.15, -0.1) is 0 Å². The van der Waals surface area contributed by atoms with Crippen LogP contribution < -0.4 is 20.5 Å². The van der Waals surface area contributed by atoms with Crippen LogP contribution in [0.3, 0.4) is 0 Å². The van der Waals surface area contributed by atoms with Gasteiger partial charge in [0.1, 0.15) is 17.5 Å². The van der Waals surface area contributed by atoms with E-state index in [4.69, 9.17) is 20.2 Å². The molecule has 6 heteroatoms. The number of ether oxygens (including phenoxy) is 2. The van der Waals surface area contributed by atoms with Gasteiger partial charge in [-0.3, -0.25) is 9.79 Å². The summed E-state index contributed by atoms with van der Waals surface area (Å²) in [6.45, 7) is 2.43. The molecule has 4 rings (SSSR count). The maximum Gasteiger partial charge on any atom is 0.248 e. The van der Waals surface area contributed by atoms with Crippen LogP contribution in [0.25, 0.3) is 11.1 Å². The number of fused-ring (bicyclic) bond motifs is 1. The van der Waals surface area contributed by atoms with Crippen LogP contribution in [0.5, 0.6) is 11.5 Å². The van der Waals surface area contributed by atoms with E-state index >= 15 is 0 Å². The summed E-state index contributed by atoms with van der Waals surface area (Å²) in [5, 5.41) is 3.02. The molecule has 0 aromatic heterocycles. The fourth-order valence-corrected chi connectivity index (χ4v) is 4.16. The summed E-state index contributed by atoms with van der Waals surface area (Å²) in [6, 6.07) is 19.5. The van der Waals surface area contributed by atoms with Crippen LogP contribution in [0.2, 0.25) is 0 Å². The topological polar surface area (TPSA) is 85.9 Å². The largest absolute Gasteiger partial charge is 0.496 e. The number of benzene rings is 3. The van der Waals surface area contributed by atoms with Gasteiger partial charge in [0.2, 0.25) is 5.91 Å². The van der Waals surface area contributed by atoms with Crippen molar-refractivity contribution >= 4 is 17.3 Å². The number of methoxy groups -OCH3 is 2. The molecule has 170 valence electrons. The number of anilines is 1. The zero-order chi connectivity index (χ0) is 23.4. The number of amides is 1. The average Bonchev–Trinajstić information content (AvgIpc) is 2.97. The van der Waals surface area contributed by atoms with Gasteiger partial charge in [-0.25, -0.2) is 0 Å². The maximum absolute atomic E-state index is 12.8. The maximum atomic E-state index is 12.8. The lowest BCUT2D eigenvalue weighted by Crippen LogP contribution is -2.22. The standard InChI is InChI=1S/C27H29N3O3/c1-17-27(31)30-21-16-22(32-2)23(19-11-5-4-6-12-19)26(33-3)24(21)25(29-17)20-13-7-9-18(15-20)10-8-14-28/h4-7,9,11-13,15-17H,8,10,14,28H2,1-3H3,(H,30,31). The molecule has 1 amide bonds. The summed E-state index contributed by atoms with van der Waals surface area (Å²) < 4.78 is 11.7. The van der Waals surface area contributed by atoms with Gasteiger partial charge in [0.15, 0.2) is 0 Å². The predicted molar refractivity (Wildman–Crippen MR) is 133 cm³/mol. The molecule has 33 heavy (non-hydrogen) atoms. The second-order valence-electron chi connectivity index (χ2n) is 8.01. The smallest absolute Gasteiger partial charge is 0.248 e. The molecule has 0 bridgehead atoms. The lowest BCUT2D eigenvalue weighted by Gasteiger charge is -2.21. The van der Waals surface area contributed by atoms with Crippen molar-refractivity contribution in [3.8, 4) is 22.6 Å². The molecule has 3 N–H and O–H groups in total. The molecule has 1 heterocycles. The van der Waals surface area contributed by atoms with Crippen LogP contribution in [0.1, 0.15) is 30.0 Å². The third kappa shape index (κ3) is 4.47. The molecule has 6 nitrogen and oxygen atoms in total. The minimum Gasteiger partial charge on any atom is -0.496 e. The molecule has 1 aliphatic rings. The Morgan fingerprint density at radius 3 is 2.42 bits per heavy atom. The van der Waals surface area contributed by atoms with Crippen molar-refractivity contribution in [2.24, 2.45) is 10.7 Å². The van der Waals surface area contributed by atoms with E-state index in [9.17, 15) is 4.79 Å². The molecule has 0 aliphatic carbocycles. The lowest BCUT2D eigenvalue weighted by atomic mass is 9.92. The van der Waals surface area contributed by atoms with Gasteiger partial charge < -0.3 is 20.5 Å². The summed E-state index contributed by atoms with van der Waals surface area (Å²) in [7, 11) is 3.25. The molecule has 0 radical (unpaired) electrons. The number of hydrogen-bond acceptors (Lipinski definition) is 5. The summed E-state index contributed by atoms with van der Waals surface area (Å²) in [6.07, 6.45) is 1.79. The average molecular weight is 444 g/mol. The Bertz CT molecular complexity index is 1190. The van der Waals surface area contributed by atoms with Crippen LogP contribution in [0.4, 0.5) is 5.69 Å². The predicted octanol–water partition coefficient (Wildman–Crippen LogP) is 4.44. The van der Waals surface area contributed by atoms with Crippen molar-refractivity contribution in [3.05, 3.63) is 77.4 Å². The van der Waals surface area contributed by atoms with Gasteiger partial charge in [0, 0.05) is 11.6 Å². The Hall–Kier alpha value is -3.64. The molecular formula is C27H29N3O3. The highest BCUT2D eigenvalue weighted by Gasteiger charge is 2.30. The second kappa shape index (κ2) is 9.88. The van der Waals surface area contributed by atoms with Crippen molar-refractivity contribution in [1.29, 1.82) is 0 Å². The van der Waals surface area contributed by atoms with Crippen LogP contribution in [0.15, 0.2) is 65.7 Å². The number of hydrogen-bond donors (Lipinski definition) is 2. The molecule has 0 fully saturated rings. The molecular weight excluding hydrogens is 414 g/mol. The van der Waals surface area contributed by atoms with Crippen LogP contribution in [-0.4, -0.2) is 38.4 Å². The van der Waals surface area contributed by atoms with E-state index in [1.807, 2.05) is 48.5 Å². The summed E-state index contributed by atoms with van der Waals surface area (Å²) in [5.74, 6) is 1.04. The Labute approximate surface area is 194 Å². The first kappa shape index (κ1) is 22.6. The minimum atomic E-state index is -0.559. The van der Waals surface area contributed by atoms with Crippen molar-refractivity contribution < 1.29 is 14.3 Å². The van der Waals surface area contributed by atoms with Gasteiger partial charge in [-0.1, -0.05) is 48.5 Å². The van der Waals surface area contributed by atoms with E-state index in [1.165, 1.54) is 5.56 Å². The van der Waals surface area contributed by atoms with Gasteiger partial charge in [-0.05, 0) is 43.5 Å².